The van der Waals surface area contributed by atoms with Crippen molar-refractivity contribution in [2.45, 2.75) is 70.7 Å². The lowest BCUT2D eigenvalue weighted by molar-refractivity contribution is -0.213. The second-order valence-corrected chi connectivity index (χ2v) is 7.02. The number of esters is 1. The van der Waals surface area contributed by atoms with Crippen LogP contribution in [0.25, 0.3) is 0 Å². The zero-order valence-electron chi connectivity index (χ0n) is 12.6. The van der Waals surface area contributed by atoms with E-state index in [9.17, 15) is 4.79 Å². The van der Waals surface area contributed by atoms with E-state index in [1.165, 1.54) is 19.3 Å². The van der Waals surface area contributed by atoms with Crippen LogP contribution in [-0.4, -0.2) is 17.9 Å². The van der Waals surface area contributed by atoms with Crippen molar-refractivity contribution in [1.82, 2.24) is 0 Å². The molecule has 0 heterocycles. The van der Waals surface area contributed by atoms with Gasteiger partial charge in [0.1, 0.15) is 0 Å². The zero-order valence-corrected chi connectivity index (χ0v) is 12.6. The molecule has 0 saturated heterocycles. The molecule has 2 fully saturated rings. The number of carbonyl (C=O) groups is 1. The molecule has 0 N–H and O–H groups in total. The van der Waals surface area contributed by atoms with Gasteiger partial charge in [0.25, 0.3) is 0 Å². The normalized spacial score (nSPS) is 36.0. The van der Waals surface area contributed by atoms with Crippen LogP contribution < -0.4 is 0 Å². The van der Waals surface area contributed by atoms with E-state index in [1.807, 2.05) is 6.92 Å². The number of fused-ring (bicyclic) bond motifs is 2. The molecule has 0 radical (unpaired) electrons. The highest BCUT2D eigenvalue weighted by molar-refractivity contribution is 5.74. The Labute approximate surface area is 121 Å². The Bertz CT molecular complexity index is 395. The summed E-state index contributed by atoms with van der Waals surface area (Å²) in [5, 5.41) is 0. The molecule has 4 atom stereocenters. The maximum atomic E-state index is 12.3. The molecule has 3 aliphatic rings. The predicted octanol–water partition coefficient (Wildman–Crippen LogP) is 3.83. The molecule has 4 unspecified atom stereocenters. The average molecular weight is 278 g/mol. The number of allylic oxidation sites excluding steroid dienone is 2. The van der Waals surface area contributed by atoms with Gasteiger partial charge >= 0.3 is 5.97 Å². The average Bonchev–Trinajstić information content (AvgIpc) is 3.00. The standard InChI is InChI=1S/C17H26O3/c1-12(20-17(2)8-4-3-5-9-17)19-16(18)15-11-13-6-7-14(15)10-13/h6-7,12-15H,3-5,8-11H2,1-2H3. The minimum absolute atomic E-state index is 0.0613. The van der Waals surface area contributed by atoms with E-state index < -0.39 is 6.29 Å². The second kappa shape index (κ2) is 5.51. The topological polar surface area (TPSA) is 35.5 Å². The number of carbonyl (C=O) groups excluding carboxylic acids is 1. The van der Waals surface area contributed by atoms with Crippen LogP contribution in [0.15, 0.2) is 12.2 Å². The summed E-state index contributed by atoms with van der Waals surface area (Å²) in [4.78, 5) is 12.3. The van der Waals surface area contributed by atoms with Crippen molar-refractivity contribution in [2.24, 2.45) is 17.8 Å². The molecule has 0 aliphatic heterocycles. The van der Waals surface area contributed by atoms with Crippen LogP contribution >= 0.6 is 0 Å². The van der Waals surface area contributed by atoms with Crippen LogP contribution in [0.4, 0.5) is 0 Å². The SMILES string of the molecule is CC(OC(=O)C1CC2C=CC1C2)OC1(C)CCCCC1. The van der Waals surface area contributed by atoms with E-state index >= 15 is 0 Å². The molecular formula is C17H26O3. The Morgan fingerprint density at radius 1 is 1.20 bits per heavy atom. The van der Waals surface area contributed by atoms with Gasteiger partial charge in [-0.05, 0) is 51.4 Å². The van der Waals surface area contributed by atoms with Crippen molar-refractivity contribution in [3.63, 3.8) is 0 Å². The lowest BCUT2D eigenvalue weighted by Crippen LogP contribution is -2.37. The molecule has 112 valence electrons. The number of hydrogen-bond donors (Lipinski definition) is 0. The minimum Gasteiger partial charge on any atom is -0.436 e. The zero-order chi connectivity index (χ0) is 14.2. The molecule has 2 saturated carbocycles. The highest BCUT2D eigenvalue weighted by atomic mass is 16.7. The quantitative estimate of drug-likeness (QED) is 0.445. The van der Waals surface area contributed by atoms with Gasteiger partial charge in [-0.15, -0.1) is 0 Å². The molecule has 20 heavy (non-hydrogen) atoms. The molecular weight excluding hydrogens is 252 g/mol. The summed E-state index contributed by atoms with van der Waals surface area (Å²) >= 11 is 0. The van der Waals surface area contributed by atoms with Gasteiger partial charge in [0.05, 0.1) is 11.5 Å². The molecule has 0 aromatic heterocycles. The largest absolute Gasteiger partial charge is 0.436 e. The summed E-state index contributed by atoms with van der Waals surface area (Å²) in [6.07, 6.45) is 12.0. The summed E-state index contributed by atoms with van der Waals surface area (Å²) in [6.45, 7) is 4.01. The van der Waals surface area contributed by atoms with Gasteiger partial charge in [-0.2, -0.15) is 0 Å². The number of ether oxygens (including phenoxy) is 2. The van der Waals surface area contributed by atoms with E-state index in [2.05, 4.69) is 19.1 Å². The summed E-state index contributed by atoms with van der Waals surface area (Å²) in [5.74, 6) is 1.01. The fourth-order valence-corrected chi connectivity index (χ4v) is 4.14. The van der Waals surface area contributed by atoms with Gasteiger partial charge in [0.2, 0.25) is 6.29 Å². The Hall–Kier alpha value is -0.830. The molecule has 3 heteroatoms. The molecule has 0 aromatic rings. The van der Waals surface area contributed by atoms with Gasteiger partial charge in [0.15, 0.2) is 0 Å². The smallest absolute Gasteiger partial charge is 0.311 e. The molecule has 0 amide bonds. The molecule has 0 spiro atoms. The number of rotatable bonds is 4. The van der Waals surface area contributed by atoms with Crippen molar-refractivity contribution in [3.8, 4) is 0 Å². The highest BCUT2D eigenvalue weighted by Crippen LogP contribution is 2.44. The summed E-state index contributed by atoms with van der Waals surface area (Å²) in [6, 6.07) is 0. The van der Waals surface area contributed by atoms with Gasteiger partial charge in [0, 0.05) is 0 Å². The van der Waals surface area contributed by atoms with Crippen molar-refractivity contribution in [3.05, 3.63) is 12.2 Å². The predicted molar refractivity (Wildman–Crippen MR) is 77.0 cm³/mol. The summed E-state index contributed by atoms with van der Waals surface area (Å²) in [7, 11) is 0. The Kier molecular flexibility index (Phi) is 3.89. The van der Waals surface area contributed by atoms with E-state index in [-0.39, 0.29) is 17.5 Å². The third-order valence-electron chi connectivity index (χ3n) is 5.23. The van der Waals surface area contributed by atoms with Gasteiger partial charge in [-0.1, -0.05) is 31.4 Å². The molecule has 3 nitrogen and oxygen atoms in total. The fraction of sp³-hybridized carbons (Fsp3) is 0.824. The minimum atomic E-state index is -0.422. The lowest BCUT2D eigenvalue weighted by Gasteiger charge is -2.36. The molecule has 0 aromatic carbocycles. The van der Waals surface area contributed by atoms with Gasteiger partial charge < -0.3 is 9.47 Å². The maximum absolute atomic E-state index is 12.3. The van der Waals surface area contributed by atoms with Crippen molar-refractivity contribution in [2.75, 3.05) is 0 Å². The molecule has 3 aliphatic carbocycles. The second-order valence-electron chi connectivity index (χ2n) is 7.02. The van der Waals surface area contributed by atoms with Crippen LogP contribution in [0.5, 0.6) is 0 Å². The van der Waals surface area contributed by atoms with Crippen molar-refractivity contribution >= 4 is 5.97 Å². The van der Waals surface area contributed by atoms with Crippen LogP contribution in [0, 0.1) is 17.8 Å². The van der Waals surface area contributed by atoms with Crippen molar-refractivity contribution < 1.29 is 14.3 Å². The van der Waals surface area contributed by atoms with Crippen LogP contribution in [0.1, 0.15) is 58.8 Å². The van der Waals surface area contributed by atoms with E-state index in [4.69, 9.17) is 9.47 Å². The third-order valence-corrected chi connectivity index (χ3v) is 5.23. The Morgan fingerprint density at radius 2 is 1.95 bits per heavy atom. The first kappa shape index (κ1) is 14.1. The van der Waals surface area contributed by atoms with Crippen molar-refractivity contribution in [1.29, 1.82) is 0 Å². The molecule has 2 bridgehead atoms. The van der Waals surface area contributed by atoms with Crippen LogP contribution in [0.3, 0.4) is 0 Å². The first-order valence-electron chi connectivity index (χ1n) is 8.12. The first-order valence-corrected chi connectivity index (χ1v) is 8.12. The highest BCUT2D eigenvalue weighted by Gasteiger charge is 2.41. The Morgan fingerprint density at radius 3 is 2.55 bits per heavy atom. The van der Waals surface area contributed by atoms with Gasteiger partial charge in [-0.25, -0.2) is 0 Å². The summed E-state index contributed by atoms with van der Waals surface area (Å²) < 4.78 is 11.6. The number of hydrogen-bond acceptors (Lipinski definition) is 3. The van der Waals surface area contributed by atoms with E-state index in [1.54, 1.807) is 0 Å². The van der Waals surface area contributed by atoms with Gasteiger partial charge in [-0.3, -0.25) is 4.79 Å². The van der Waals surface area contributed by atoms with Crippen LogP contribution in [-0.2, 0) is 14.3 Å². The van der Waals surface area contributed by atoms with Crippen LogP contribution in [0.2, 0.25) is 0 Å². The third kappa shape index (κ3) is 2.93. The Balaban J connectivity index is 1.50. The van der Waals surface area contributed by atoms with E-state index in [0.717, 1.165) is 25.7 Å². The maximum Gasteiger partial charge on any atom is 0.311 e. The fourth-order valence-electron chi connectivity index (χ4n) is 4.14. The first-order chi connectivity index (χ1) is 9.56. The lowest BCUT2D eigenvalue weighted by atomic mass is 9.86. The molecule has 3 rings (SSSR count). The monoisotopic (exact) mass is 278 g/mol. The summed E-state index contributed by atoms with van der Waals surface area (Å²) in [5.41, 5.74) is -0.105. The van der Waals surface area contributed by atoms with E-state index in [0.29, 0.717) is 11.8 Å².